The molecule has 216 valence electrons. The maximum Gasteiger partial charge on any atom is 0.228 e. The van der Waals surface area contributed by atoms with E-state index in [2.05, 4.69) is 68.3 Å². The first kappa shape index (κ1) is 34.2. The van der Waals surface area contributed by atoms with Crippen molar-refractivity contribution in [1.82, 2.24) is 5.32 Å². The molecule has 0 atom stereocenters. The molecular weight excluding hydrogens is 496 g/mol. The smallest absolute Gasteiger partial charge is 0.228 e. The molecule has 4 N–H and O–H groups in total. The number of carbonyl (C=O) groups is 1. The number of amides is 1. The van der Waals surface area contributed by atoms with Crippen LogP contribution < -0.4 is 16.4 Å². The van der Waals surface area contributed by atoms with Gasteiger partial charge in [-0.2, -0.15) is 4.99 Å². The Hall–Kier alpha value is -3.82. The van der Waals surface area contributed by atoms with Crippen LogP contribution in [0.2, 0.25) is 0 Å². The molecule has 1 aliphatic heterocycles. The zero-order valence-electron chi connectivity index (χ0n) is 25.7. The van der Waals surface area contributed by atoms with Gasteiger partial charge >= 0.3 is 0 Å². The van der Waals surface area contributed by atoms with Crippen molar-refractivity contribution in [3.8, 4) is 12.0 Å². The fourth-order valence-electron chi connectivity index (χ4n) is 3.56. The number of amidine groups is 1. The van der Waals surface area contributed by atoms with Crippen LogP contribution in [0.15, 0.2) is 70.7 Å². The summed E-state index contributed by atoms with van der Waals surface area (Å²) in [5, 5.41) is 6.32. The number of hydrogen-bond donors (Lipinski definition) is 3. The molecule has 0 bridgehead atoms. The van der Waals surface area contributed by atoms with Gasteiger partial charge in [-0.15, -0.1) is 0 Å². The van der Waals surface area contributed by atoms with E-state index in [0.29, 0.717) is 18.0 Å². The number of benzene rings is 2. The van der Waals surface area contributed by atoms with Crippen LogP contribution in [0.1, 0.15) is 79.4 Å². The molecule has 1 aliphatic rings. The normalized spacial score (nSPS) is 14.0. The summed E-state index contributed by atoms with van der Waals surface area (Å²) in [5.74, 6) is 3.93. The van der Waals surface area contributed by atoms with E-state index >= 15 is 0 Å². The molecule has 6 nitrogen and oxygen atoms in total. The summed E-state index contributed by atoms with van der Waals surface area (Å²) < 4.78 is 5.13. The predicted octanol–water partition coefficient (Wildman–Crippen LogP) is 7.60. The number of ether oxygens (including phenoxy) is 1. The molecule has 40 heavy (non-hydrogen) atoms. The van der Waals surface area contributed by atoms with Crippen molar-refractivity contribution in [1.29, 1.82) is 0 Å². The average Bonchev–Trinajstić information content (AvgIpc) is 3.39. The predicted molar refractivity (Wildman–Crippen MR) is 172 cm³/mol. The average molecular weight is 545 g/mol. The lowest BCUT2D eigenvalue weighted by Gasteiger charge is -2.09. The van der Waals surface area contributed by atoms with Crippen LogP contribution in [0.4, 0.5) is 11.4 Å². The Balaban J connectivity index is 0.000000775. The number of anilines is 2. The van der Waals surface area contributed by atoms with Crippen LogP contribution in [-0.4, -0.2) is 25.0 Å². The summed E-state index contributed by atoms with van der Waals surface area (Å²) in [6, 6.07) is 17.9. The Bertz CT molecular complexity index is 1190. The van der Waals surface area contributed by atoms with Gasteiger partial charge in [0.25, 0.3) is 0 Å². The van der Waals surface area contributed by atoms with Gasteiger partial charge in [0.2, 0.25) is 5.91 Å². The van der Waals surface area contributed by atoms with Gasteiger partial charge in [0.1, 0.15) is 5.84 Å². The summed E-state index contributed by atoms with van der Waals surface area (Å²) in [6.07, 6.45) is 4.69. The number of nitrogens with one attached hydrogen (secondary N) is 2. The molecule has 0 aromatic heterocycles. The van der Waals surface area contributed by atoms with Crippen LogP contribution >= 0.6 is 0 Å². The minimum absolute atomic E-state index is 0.0685. The molecule has 2 aromatic rings. The third-order valence-electron chi connectivity index (χ3n) is 5.89. The summed E-state index contributed by atoms with van der Waals surface area (Å²) in [5.41, 5.74) is 12.4. The molecule has 0 aliphatic carbocycles. The van der Waals surface area contributed by atoms with Crippen molar-refractivity contribution in [3.05, 3.63) is 76.9 Å². The van der Waals surface area contributed by atoms with Crippen LogP contribution in [0, 0.1) is 17.9 Å². The van der Waals surface area contributed by atoms with E-state index in [0.717, 1.165) is 60.0 Å². The Morgan fingerprint density at radius 3 is 2.15 bits per heavy atom. The lowest BCUT2D eigenvalue weighted by atomic mass is 9.98. The fraction of sp³-hybridized carbons (Fsp3) is 0.412. The molecule has 3 rings (SSSR count). The molecule has 2 aromatic carbocycles. The number of nitrogens with zero attached hydrogens (tertiary/aromatic N) is 1. The number of hydrogen-bond acceptors (Lipinski definition) is 4. The standard InChI is InChI=1S/C26H28N4O.C6H14O.C2H6/c1-5-14-28-26-23(18(4)17(2)3)16-24(30-26)20-8-12-22(13-9-20)29-25(31)15-19-6-10-21(27)11-7-19;1-3-5-7-6-4-2;1-2/h6-13,16-17H,15,27H2,1-4H3,(H,28,30)(H,29,31);3-6H2,1-2H3;1-2H3/b23-18+;;. The van der Waals surface area contributed by atoms with E-state index in [-0.39, 0.29) is 5.91 Å². The number of nitrogens with two attached hydrogens (primary N) is 1. The van der Waals surface area contributed by atoms with E-state index in [9.17, 15) is 4.79 Å². The van der Waals surface area contributed by atoms with Gasteiger partial charge in [-0.3, -0.25) is 4.79 Å². The van der Waals surface area contributed by atoms with Gasteiger partial charge < -0.3 is 21.1 Å². The monoisotopic (exact) mass is 544 g/mol. The summed E-state index contributed by atoms with van der Waals surface area (Å²) in [6.45, 7) is 18.3. The van der Waals surface area contributed by atoms with Crippen molar-refractivity contribution in [2.75, 3.05) is 24.3 Å². The van der Waals surface area contributed by atoms with Crippen molar-refractivity contribution in [2.24, 2.45) is 10.9 Å². The number of nitrogen functional groups attached to an aromatic ring is 1. The van der Waals surface area contributed by atoms with E-state index in [1.165, 1.54) is 5.57 Å². The first-order valence-electron chi connectivity index (χ1n) is 14.3. The molecule has 0 radical (unpaired) electrons. The molecule has 0 saturated heterocycles. The summed E-state index contributed by atoms with van der Waals surface area (Å²) in [7, 11) is 0. The zero-order valence-corrected chi connectivity index (χ0v) is 25.7. The SMILES string of the molecule is CC.CC#CN=C1NC(c2ccc(NC(=O)Cc3ccc(N)cc3)cc2)=C/C1=C(/C)C(C)C.CCCOCCC. The number of aliphatic imine (C=N–C) groups is 1. The van der Waals surface area contributed by atoms with E-state index in [4.69, 9.17) is 10.5 Å². The van der Waals surface area contributed by atoms with Gasteiger partial charge in [-0.25, -0.2) is 0 Å². The molecule has 1 amide bonds. The van der Waals surface area contributed by atoms with E-state index < -0.39 is 0 Å². The highest BCUT2D eigenvalue weighted by Gasteiger charge is 2.20. The van der Waals surface area contributed by atoms with Gasteiger partial charge in [0.15, 0.2) is 0 Å². The molecule has 0 unspecified atom stereocenters. The molecular formula is C34H48N4O2. The minimum Gasteiger partial charge on any atom is -0.399 e. The number of allylic oxidation sites excluding steroid dienone is 1. The molecule has 6 heteroatoms. The zero-order chi connectivity index (χ0) is 29.9. The van der Waals surface area contributed by atoms with Crippen LogP contribution in [0.25, 0.3) is 5.70 Å². The molecule has 0 spiro atoms. The fourth-order valence-corrected chi connectivity index (χ4v) is 3.56. The van der Waals surface area contributed by atoms with Crippen molar-refractivity contribution in [2.45, 2.75) is 74.7 Å². The third kappa shape index (κ3) is 11.9. The largest absolute Gasteiger partial charge is 0.399 e. The molecule has 1 heterocycles. The van der Waals surface area contributed by atoms with Crippen molar-refractivity contribution in [3.63, 3.8) is 0 Å². The third-order valence-corrected chi connectivity index (χ3v) is 5.89. The maximum absolute atomic E-state index is 12.3. The van der Waals surface area contributed by atoms with Crippen molar-refractivity contribution >= 4 is 28.8 Å². The Labute approximate surface area is 242 Å². The highest BCUT2D eigenvalue weighted by Crippen LogP contribution is 2.27. The Morgan fingerprint density at radius 1 is 1.02 bits per heavy atom. The number of carbonyl (C=O) groups excluding carboxylic acids is 1. The summed E-state index contributed by atoms with van der Waals surface area (Å²) in [4.78, 5) is 16.7. The van der Waals surface area contributed by atoms with Crippen LogP contribution in [0.5, 0.6) is 0 Å². The highest BCUT2D eigenvalue weighted by atomic mass is 16.5. The van der Waals surface area contributed by atoms with Crippen LogP contribution in [-0.2, 0) is 16.0 Å². The first-order chi connectivity index (χ1) is 19.3. The van der Waals surface area contributed by atoms with Crippen LogP contribution in [0.3, 0.4) is 0 Å². The lowest BCUT2D eigenvalue weighted by molar-refractivity contribution is -0.115. The maximum atomic E-state index is 12.3. The Kier molecular flexibility index (Phi) is 16.5. The Morgan fingerprint density at radius 2 is 1.62 bits per heavy atom. The van der Waals surface area contributed by atoms with Gasteiger partial charge in [0.05, 0.1) is 6.42 Å². The van der Waals surface area contributed by atoms with Gasteiger partial charge in [-0.05, 0) is 74.1 Å². The highest BCUT2D eigenvalue weighted by molar-refractivity contribution is 6.12. The second-order valence-electron chi connectivity index (χ2n) is 9.41. The van der Waals surface area contributed by atoms with Gasteiger partial charge in [-0.1, -0.05) is 77.3 Å². The minimum atomic E-state index is -0.0685. The van der Waals surface area contributed by atoms with Crippen molar-refractivity contribution < 1.29 is 9.53 Å². The van der Waals surface area contributed by atoms with Gasteiger partial charge in [0, 0.05) is 41.9 Å². The molecule has 0 saturated carbocycles. The first-order valence-corrected chi connectivity index (χ1v) is 14.3. The summed E-state index contributed by atoms with van der Waals surface area (Å²) >= 11 is 0. The lowest BCUT2D eigenvalue weighted by Crippen LogP contribution is -2.18. The van der Waals surface area contributed by atoms with E-state index in [1.54, 1.807) is 19.1 Å². The second-order valence-corrected chi connectivity index (χ2v) is 9.41. The van der Waals surface area contributed by atoms with E-state index in [1.807, 2.05) is 50.2 Å². The number of rotatable bonds is 9. The quantitative estimate of drug-likeness (QED) is 0.172. The second kappa shape index (κ2) is 19.3. The molecule has 0 fully saturated rings. The topological polar surface area (TPSA) is 88.7 Å².